The molecule has 10 heteroatoms. The van der Waals surface area contributed by atoms with Crippen molar-refractivity contribution in [3.8, 4) is 5.75 Å². The summed E-state index contributed by atoms with van der Waals surface area (Å²) in [6, 6.07) is 5.98. The van der Waals surface area contributed by atoms with Crippen molar-refractivity contribution >= 4 is 35.2 Å². The van der Waals surface area contributed by atoms with Gasteiger partial charge in [-0.05, 0) is 43.5 Å². The minimum Gasteiger partial charge on any atom is -0.497 e. The molecule has 2 heterocycles. The van der Waals surface area contributed by atoms with Crippen molar-refractivity contribution in [2.24, 2.45) is 0 Å². The number of carbonyl (C=O) groups excluding carboxylic acids is 3. The van der Waals surface area contributed by atoms with Gasteiger partial charge in [0, 0.05) is 6.04 Å². The number of aromatic nitrogens is 3. The van der Waals surface area contributed by atoms with E-state index in [-0.39, 0.29) is 30.2 Å². The number of benzene rings is 1. The van der Waals surface area contributed by atoms with E-state index < -0.39 is 11.3 Å². The molecule has 1 aromatic heterocycles. The van der Waals surface area contributed by atoms with Gasteiger partial charge < -0.3 is 9.64 Å². The first kappa shape index (κ1) is 23.3. The number of rotatable bonds is 8. The Hall–Kier alpha value is -2.88. The molecule has 1 aliphatic carbocycles. The summed E-state index contributed by atoms with van der Waals surface area (Å²) in [7, 11) is 1.56. The molecule has 2 atom stereocenters. The molecule has 4 rings (SSSR count). The Balaban J connectivity index is 1.61. The SMILES string of the molecule is CCC(Sc1ncn[nH]1)C(=O)N(C1CCCCC1)C1CC(=O)N(c2ccc(OC)cc2)C1=O. The molecule has 0 spiro atoms. The van der Waals surface area contributed by atoms with Gasteiger partial charge in [0.1, 0.15) is 18.1 Å². The normalized spacial score (nSPS) is 20.2. The van der Waals surface area contributed by atoms with Crippen LogP contribution in [0.3, 0.4) is 0 Å². The van der Waals surface area contributed by atoms with Gasteiger partial charge in [-0.25, -0.2) is 9.88 Å². The van der Waals surface area contributed by atoms with Crippen LogP contribution in [0.25, 0.3) is 0 Å². The number of aromatic amines is 1. The zero-order valence-electron chi connectivity index (χ0n) is 18.9. The van der Waals surface area contributed by atoms with E-state index in [4.69, 9.17) is 4.74 Å². The van der Waals surface area contributed by atoms with Gasteiger partial charge in [-0.1, -0.05) is 37.9 Å². The first-order valence-corrected chi connectivity index (χ1v) is 12.3. The molecular formula is C23H29N5O4S. The summed E-state index contributed by atoms with van der Waals surface area (Å²) in [4.78, 5) is 47.4. The van der Waals surface area contributed by atoms with Crippen molar-refractivity contribution in [3.63, 3.8) is 0 Å². The Labute approximate surface area is 197 Å². The van der Waals surface area contributed by atoms with E-state index in [1.807, 2.05) is 6.92 Å². The highest BCUT2D eigenvalue weighted by molar-refractivity contribution is 8.00. The maximum absolute atomic E-state index is 13.8. The van der Waals surface area contributed by atoms with Gasteiger partial charge in [-0.2, -0.15) is 5.10 Å². The number of ether oxygens (including phenoxy) is 1. The molecule has 0 radical (unpaired) electrons. The fourth-order valence-corrected chi connectivity index (χ4v) is 5.52. The number of methoxy groups -OCH3 is 1. The fraction of sp³-hybridized carbons (Fsp3) is 0.522. The van der Waals surface area contributed by atoms with E-state index >= 15 is 0 Å². The third-order valence-electron chi connectivity index (χ3n) is 6.30. The number of anilines is 1. The molecule has 176 valence electrons. The van der Waals surface area contributed by atoms with E-state index in [0.717, 1.165) is 32.1 Å². The lowest BCUT2D eigenvalue weighted by Gasteiger charge is -2.39. The number of nitrogens with zero attached hydrogens (tertiary/aromatic N) is 4. The number of thioether (sulfide) groups is 1. The third kappa shape index (κ3) is 4.90. The molecule has 2 aromatic rings. The van der Waals surface area contributed by atoms with Gasteiger partial charge >= 0.3 is 0 Å². The van der Waals surface area contributed by atoms with Gasteiger partial charge in [0.2, 0.25) is 11.8 Å². The van der Waals surface area contributed by atoms with E-state index in [9.17, 15) is 14.4 Å². The molecule has 1 saturated heterocycles. The Morgan fingerprint density at radius 1 is 1.24 bits per heavy atom. The van der Waals surface area contributed by atoms with Crippen molar-refractivity contribution in [2.75, 3.05) is 12.0 Å². The van der Waals surface area contributed by atoms with Crippen molar-refractivity contribution in [2.45, 2.75) is 74.4 Å². The average molecular weight is 472 g/mol. The summed E-state index contributed by atoms with van der Waals surface area (Å²) >= 11 is 1.31. The van der Waals surface area contributed by atoms with Crippen LogP contribution in [-0.2, 0) is 14.4 Å². The highest BCUT2D eigenvalue weighted by atomic mass is 32.2. The fourth-order valence-electron chi connectivity index (χ4n) is 4.64. The summed E-state index contributed by atoms with van der Waals surface area (Å²) in [6.07, 6.45) is 6.81. The summed E-state index contributed by atoms with van der Waals surface area (Å²) in [5.41, 5.74) is 0.493. The van der Waals surface area contributed by atoms with Crippen LogP contribution in [0.4, 0.5) is 5.69 Å². The molecule has 2 unspecified atom stereocenters. The lowest BCUT2D eigenvalue weighted by atomic mass is 9.92. The predicted molar refractivity (Wildman–Crippen MR) is 124 cm³/mol. The van der Waals surface area contributed by atoms with Gasteiger partial charge in [0.05, 0.1) is 24.5 Å². The third-order valence-corrected chi connectivity index (χ3v) is 7.54. The maximum Gasteiger partial charge on any atom is 0.257 e. The second-order valence-electron chi connectivity index (χ2n) is 8.33. The Bertz CT molecular complexity index is 975. The van der Waals surface area contributed by atoms with Crippen LogP contribution >= 0.6 is 11.8 Å². The molecule has 2 aliphatic rings. The molecule has 3 amide bonds. The van der Waals surface area contributed by atoms with Crippen LogP contribution in [0.1, 0.15) is 51.9 Å². The Morgan fingerprint density at radius 2 is 1.97 bits per heavy atom. The number of amides is 3. The quantitative estimate of drug-likeness (QED) is 0.465. The molecule has 1 aliphatic heterocycles. The summed E-state index contributed by atoms with van der Waals surface area (Å²) in [6.45, 7) is 1.94. The van der Waals surface area contributed by atoms with E-state index in [0.29, 0.717) is 23.0 Å². The Morgan fingerprint density at radius 3 is 2.58 bits per heavy atom. The van der Waals surface area contributed by atoms with Crippen molar-refractivity contribution < 1.29 is 19.1 Å². The standard InChI is InChI=1S/C23H29N5O4S/c1-3-19(33-23-24-14-25-26-23)22(31)27(15-7-5-4-6-8-15)18-13-20(29)28(21(18)30)16-9-11-17(32-2)12-10-16/h9-12,14-15,18-19H,3-8,13H2,1-2H3,(H,24,25,26). The highest BCUT2D eigenvalue weighted by Gasteiger charge is 2.47. The second-order valence-corrected chi connectivity index (χ2v) is 9.52. The maximum atomic E-state index is 13.8. The molecule has 0 bridgehead atoms. The first-order valence-electron chi connectivity index (χ1n) is 11.4. The monoisotopic (exact) mass is 471 g/mol. The predicted octanol–water partition coefficient (Wildman–Crippen LogP) is 3.18. The minimum atomic E-state index is -0.792. The van der Waals surface area contributed by atoms with Crippen LogP contribution in [0.2, 0.25) is 0 Å². The van der Waals surface area contributed by atoms with Crippen molar-refractivity contribution in [1.29, 1.82) is 0 Å². The molecule has 2 fully saturated rings. The molecular weight excluding hydrogens is 442 g/mol. The zero-order chi connectivity index (χ0) is 23.4. The molecule has 1 N–H and O–H groups in total. The number of hydrogen-bond donors (Lipinski definition) is 1. The molecule has 1 saturated carbocycles. The lowest BCUT2D eigenvalue weighted by molar-refractivity contribution is -0.141. The number of imide groups is 1. The van der Waals surface area contributed by atoms with Gasteiger partial charge in [0.15, 0.2) is 5.16 Å². The molecule has 1 aromatic carbocycles. The smallest absolute Gasteiger partial charge is 0.257 e. The zero-order valence-corrected chi connectivity index (χ0v) is 19.7. The number of hydrogen-bond acceptors (Lipinski definition) is 7. The summed E-state index contributed by atoms with van der Waals surface area (Å²) in [5, 5.41) is 6.80. The van der Waals surface area contributed by atoms with Gasteiger partial charge in [0.25, 0.3) is 5.91 Å². The Kier molecular flexibility index (Phi) is 7.32. The minimum absolute atomic E-state index is 0.00346. The van der Waals surface area contributed by atoms with Gasteiger partial charge in [-0.3, -0.25) is 19.5 Å². The summed E-state index contributed by atoms with van der Waals surface area (Å²) in [5.74, 6) is -0.111. The van der Waals surface area contributed by atoms with Crippen LogP contribution in [0.15, 0.2) is 35.7 Å². The number of H-pyrrole nitrogens is 1. The first-order chi connectivity index (χ1) is 16.0. The highest BCUT2D eigenvalue weighted by Crippen LogP contribution is 2.34. The number of nitrogens with one attached hydrogen (secondary N) is 1. The largest absolute Gasteiger partial charge is 0.497 e. The molecule has 9 nitrogen and oxygen atoms in total. The number of carbonyl (C=O) groups is 3. The van der Waals surface area contributed by atoms with Crippen molar-refractivity contribution in [3.05, 3.63) is 30.6 Å². The topological polar surface area (TPSA) is 108 Å². The van der Waals surface area contributed by atoms with Gasteiger partial charge in [-0.15, -0.1) is 0 Å². The van der Waals surface area contributed by atoms with Crippen LogP contribution in [0.5, 0.6) is 5.75 Å². The average Bonchev–Trinajstić information content (AvgIpc) is 3.46. The second kappa shape index (κ2) is 10.4. The van der Waals surface area contributed by atoms with E-state index in [2.05, 4.69) is 15.2 Å². The van der Waals surface area contributed by atoms with E-state index in [1.54, 1.807) is 36.3 Å². The summed E-state index contributed by atoms with van der Waals surface area (Å²) < 4.78 is 5.18. The van der Waals surface area contributed by atoms with E-state index in [1.165, 1.54) is 23.0 Å². The van der Waals surface area contributed by atoms with Crippen LogP contribution in [0, 0.1) is 0 Å². The molecule has 33 heavy (non-hydrogen) atoms. The van der Waals surface area contributed by atoms with Crippen LogP contribution < -0.4 is 9.64 Å². The van der Waals surface area contributed by atoms with Crippen molar-refractivity contribution in [1.82, 2.24) is 20.1 Å². The lowest BCUT2D eigenvalue weighted by Crippen LogP contribution is -2.53. The van der Waals surface area contributed by atoms with Crippen LogP contribution in [-0.4, -0.2) is 62.2 Å².